The van der Waals surface area contributed by atoms with Gasteiger partial charge in [-0.2, -0.15) is 0 Å². The Morgan fingerprint density at radius 3 is 2.58 bits per heavy atom. The summed E-state index contributed by atoms with van der Waals surface area (Å²) in [5, 5.41) is 17.9. The highest BCUT2D eigenvalue weighted by Gasteiger charge is 2.10. The van der Waals surface area contributed by atoms with Gasteiger partial charge in [-0.25, -0.2) is 5.43 Å². The van der Waals surface area contributed by atoms with Gasteiger partial charge in [0.1, 0.15) is 0 Å². The molecule has 3 rings (SSSR count). The van der Waals surface area contributed by atoms with Crippen LogP contribution in [-0.2, 0) is 7.05 Å². The maximum absolute atomic E-state index is 12.4. The predicted octanol–water partition coefficient (Wildman–Crippen LogP) is 1.15. The zero-order valence-corrected chi connectivity index (χ0v) is 14.8. The molecule has 134 valence electrons. The van der Waals surface area contributed by atoms with Gasteiger partial charge < -0.3 is 10.1 Å². The lowest BCUT2D eigenvalue weighted by atomic mass is 10.0. The predicted molar refractivity (Wildman–Crippen MR) is 97.4 cm³/mol. The fraction of sp³-hybridized carbons (Fsp3) is 0.263. The van der Waals surface area contributed by atoms with Crippen molar-refractivity contribution in [2.45, 2.75) is 19.8 Å². The lowest BCUT2D eigenvalue weighted by molar-refractivity contribution is -0.642. The first kappa shape index (κ1) is 17.6. The van der Waals surface area contributed by atoms with Crippen LogP contribution in [0.5, 0.6) is 0 Å². The number of carbonyl (C=O) groups is 1. The van der Waals surface area contributed by atoms with Crippen molar-refractivity contribution >= 4 is 22.6 Å². The molecular formula is C19H21N5O2. The average molecular weight is 351 g/mol. The standard InChI is InChI=1S/C19H21N5O2/c1-3-4-9-20-18(25)16-7-5-15-11-17(8-6-14(15)10-16)19(26)22-24-12-21-23(2)13-24/h5-8,10-13H,3-4,9H2,1-2H3,(H-,20,22,25,26). The average Bonchev–Trinajstić information content (AvgIpc) is 3.05. The van der Waals surface area contributed by atoms with Crippen LogP contribution in [0, 0.1) is 0 Å². The second-order valence-corrected chi connectivity index (χ2v) is 6.09. The van der Waals surface area contributed by atoms with Gasteiger partial charge in [0.2, 0.25) is 6.33 Å². The molecule has 0 aliphatic carbocycles. The van der Waals surface area contributed by atoms with Gasteiger partial charge in [-0.05, 0) is 46.9 Å². The Morgan fingerprint density at radius 1 is 1.23 bits per heavy atom. The van der Waals surface area contributed by atoms with Crippen LogP contribution in [-0.4, -0.2) is 28.1 Å². The van der Waals surface area contributed by atoms with Gasteiger partial charge >= 0.3 is 0 Å². The van der Waals surface area contributed by atoms with Crippen LogP contribution in [0.15, 0.2) is 54.0 Å². The van der Waals surface area contributed by atoms with Crippen LogP contribution in [0.2, 0.25) is 0 Å². The van der Waals surface area contributed by atoms with Gasteiger partial charge in [-0.1, -0.05) is 31.5 Å². The van der Waals surface area contributed by atoms with Crippen LogP contribution in [0.25, 0.3) is 10.8 Å². The molecule has 1 heterocycles. The summed E-state index contributed by atoms with van der Waals surface area (Å²) in [6.07, 6.45) is 5.08. The topological polar surface area (TPSA) is 86.2 Å². The first-order valence-electron chi connectivity index (χ1n) is 8.53. The molecular weight excluding hydrogens is 330 g/mol. The number of hydrogen-bond donors (Lipinski definition) is 1. The number of nitrogens with one attached hydrogen (secondary N) is 1. The number of fused-ring (bicyclic) bond motifs is 1. The quantitative estimate of drug-likeness (QED) is 0.313. The summed E-state index contributed by atoms with van der Waals surface area (Å²) in [4.78, 5) is 16.4. The molecule has 7 heteroatoms. The SMILES string of the molecule is CCCCN=C([O-])c1ccc2cc(C(=O)N[n+]3cnn(C)c3)ccc2c1. The molecule has 1 aromatic heterocycles. The number of carbonyl (C=O) groups excluding carboxylic acids is 1. The minimum Gasteiger partial charge on any atom is -0.858 e. The van der Waals surface area contributed by atoms with Crippen LogP contribution < -0.4 is 15.2 Å². The van der Waals surface area contributed by atoms with Crippen LogP contribution in [0.1, 0.15) is 35.7 Å². The van der Waals surface area contributed by atoms with Crippen molar-refractivity contribution in [2.75, 3.05) is 12.0 Å². The number of benzene rings is 2. The Labute approximate surface area is 151 Å². The molecule has 0 aliphatic heterocycles. The fourth-order valence-electron chi connectivity index (χ4n) is 2.57. The number of amides is 1. The Hall–Kier alpha value is -3.22. The van der Waals surface area contributed by atoms with E-state index in [0.717, 1.165) is 23.6 Å². The highest BCUT2D eigenvalue weighted by Crippen LogP contribution is 2.18. The molecule has 0 saturated carbocycles. The minimum absolute atomic E-state index is 0.199. The molecule has 0 atom stereocenters. The summed E-state index contributed by atoms with van der Waals surface area (Å²) in [7, 11) is 1.77. The van der Waals surface area contributed by atoms with Crippen molar-refractivity contribution in [1.82, 2.24) is 9.78 Å². The molecule has 1 amide bonds. The smallest absolute Gasteiger partial charge is 0.287 e. The highest BCUT2D eigenvalue weighted by atomic mass is 16.3. The second kappa shape index (κ2) is 7.77. The first-order valence-corrected chi connectivity index (χ1v) is 8.53. The first-order chi connectivity index (χ1) is 12.6. The monoisotopic (exact) mass is 351 g/mol. The molecule has 0 spiro atoms. The van der Waals surface area contributed by atoms with Crippen molar-refractivity contribution in [3.63, 3.8) is 0 Å². The van der Waals surface area contributed by atoms with E-state index in [1.54, 1.807) is 36.3 Å². The van der Waals surface area contributed by atoms with E-state index in [1.807, 2.05) is 18.2 Å². The Bertz CT molecular complexity index is 961. The van der Waals surface area contributed by atoms with Gasteiger partial charge in [0.15, 0.2) is 0 Å². The summed E-state index contributed by atoms with van der Waals surface area (Å²) in [6.45, 7) is 2.62. The Balaban J connectivity index is 1.80. The second-order valence-electron chi connectivity index (χ2n) is 6.09. The fourth-order valence-corrected chi connectivity index (χ4v) is 2.57. The molecule has 7 nitrogen and oxygen atoms in total. The van der Waals surface area contributed by atoms with E-state index < -0.39 is 0 Å². The van der Waals surface area contributed by atoms with Gasteiger partial charge in [-0.3, -0.25) is 4.79 Å². The van der Waals surface area contributed by atoms with E-state index in [2.05, 4.69) is 22.4 Å². The third-order valence-corrected chi connectivity index (χ3v) is 4.00. The maximum atomic E-state index is 12.4. The van der Waals surface area contributed by atoms with Crippen molar-refractivity contribution in [3.8, 4) is 0 Å². The largest absolute Gasteiger partial charge is 0.858 e. The highest BCUT2D eigenvalue weighted by molar-refractivity contribution is 6.03. The molecule has 2 aromatic carbocycles. The lowest BCUT2D eigenvalue weighted by Gasteiger charge is -2.12. The van der Waals surface area contributed by atoms with Crippen molar-refractivity contribution in [1.29, 1.82) is 0 Å². The molecule has 0 fully saturated rings. The van der Waals surface area contributed by atoms with Gasteiger partial charge in [0.25, 0.3) is 12.2 Å². The third kappa shape index (κ3) is 4.05. The van der Waals surface area contributed by atoms with E-state index >= 15 is 0 Å². The van der Waals surface area contributed by atoms with E-state index in [0.29, 0.717) is 17.7 Å². The normalized spacial score (nSPS) is 11.7. The minimum atomic E-state index is -0.236. The summed E-state index contributed by atoms with van der Waals surface area (Å²) < 4.78 is 3.08. The van der Waals surface area contributed by atoms with E-state index in [-0.39, 0.29) is 11.8 Å². The number of rotatable bonds is 6. The van der Waals surface area contributed by atoms with Crippen molar-refractivity contribution in [2.24, 2.45) is 12.0 Å². The number of aryl methyl sites for hydroxylation is 1. The zero-order valence-electron chi connectivity index (χ0n) is 14.8. The molecule has 0 saturated heterocycles. The molecule has 1 N–H and O–H groups in total. The summed E-state index contributed by atoms with van der Waals surface area (Å²) in [6, 6.07) is 10.8. The van der Waals surface area contributed by atoms with Crippen LogP contribution in [0.4, 0.5) is 0 Å². The zero-order chi connectivity index (χ0) is 18.5. The van der Waals surface area contributed by atoms with Crippen molar-refractivity contribution < 1.29 is 14.6 Å². The lowest BCUT2D eigenvalue weighted by Crippen LogP contribution is -2.46. The molecule has 0 radical (unpaired) electrons. The molecule has 26 heavy (non-hydrogen) atoms. The Kier molecular flexibility index (Phi) is 5.26. The van der Waals surface area contributed by atoms with Gasteiger partial charge in [0.05, 0.1) is 7.05 Å². The van der Waals surface area contributed by atoms with Gasteiger partial charge in [0, 0.05) is 17.2 Å². The molecule has 0 bridgehead atoms. The summed E-state index contributed by atoms with van der Waals surface area (Å²) >= 11 is 0. The number of hydrogen-bond acceptors (Lipinski definition) is 4. The van der Waals surface area contributed by atoms with Crippen LogP contribution in [0.3, 0.4) is 0 Å². The maximum Gasteiger partial charge on any atom is 0.287 e. The molecule has 0 aliphatic rings. The molecule has 0 unspecified atom stereocenters. The number of unbranched alkanes of at least 4 members (excludes halogenated alkanes) is 1. The van der Waals surface area contributed by atoms with E-state index in [4.69, 9.17) is 0 Å². The van der Waals surface area contributed by atoms with Gasteiger partial charge in [-0.15, -0.1) is 9.36 Å². The number of nitrogens with zero attached hydrogens (tertiary/aromatic N) is 4. The third-order valence-electron chi connectivity index (χ3n) is 4.00. The number of aromatic nitrogens is 3. The van der Waals surface area contributed by atoms with E-state index in [9.17, 15) is 9.90 Å². The number of aliphatic imine (C=N–C) groups is 1. The summed E-state index contributed by atoms with van der Waals surface area (Å²) in [5.74, 6) is -0.435. The molecule has 3 aromatic rings. The van der Waals surface area contributed by atoms with Crippen LogP contribution >= 0.6 is 0 Å². The summed E-state index contributed by atoms with van der Waals surface area (Å²) in [5.41, 5.74) is 3.82. The Morgan fingerprint density at radius 2 is 1.92 bits per heavy atom. The van der Waals surface area contributed by atoms with E-state index in [1.165, 1.54) is 11.0 Å². The van der Waals surface area contributed by atoms with Crippen molar-refractivity contribution in [3.05, 3.63) is 60.2 Å².